The molecule has 0 amide bonds. The zero-order valence-corrected chi connectivity index (χ0v) is 12.7. The number of hydrogen-bond acceptors (Lipinski definition) is 3. The van der Waals surface area contributed by atoms with Crippen molar-refractivity contribution in [3.63, 3.8) is 0 Å². The van der Waals surface area contributed by atoms with Crippen molar-refractivity contribution in [2.45, 2.75) is 46.5 Å². The van der Waals surface area contributed by atoms with Gasteiger partial charge in [0.05, 0.1) is 11.4 Å². The molecule has 0 aliphatic rings. The fraction of sp³-hybridized carbons (Fsp3) is 0.500. The Kier molecular flexibility index (Phi) is 4.57. The van der Waals surface area contributed by atoms with Gasteiger partial charge in [-0.05, 0) is 24.3 Å². The van der Waals surface area contributed by atoms with Crippen LogP contribution in [0, 0.1) is 6.92 Å². The van der Waals surface area contributed by atoms with Crippen molar-refractivity contribution < 1.29 is 0 Å². The molecule has 0 unspecified atom stereocenters. The monoisotopic (exact) mass is 265 g/mol. The van der Waals surface area contributed by atoms with Crippen molar-refractivity contribution in [3.05, 3.63) is 27.6 Å². The molecule has 0 aliphatic carbocycles. The summed E-state index contributed by atoms with van der Waals surface area (Å²) in [5.74, 6) is 1.24. The van der Waals surface area contributed by atoms with Gasteiger partial charge in [-0.15, -0.1) is 11.3 Å². The molecule has 18 heavy (non-hydrogen) atoms. The second-order valence-electron chi connectivity index (χ2n) is 5.14. The van der Waals surface area contributed by atoms with E-state index < -0.39 is 0 Å². The van der Waals surface area contributed by atoms with Gasteiger partial charge in [0.15, 0.2) is 0 Å². The van der Waals surface area contributed by atoms with E-state index in [9.17, 15) is 0 Å². The second-order valence-corrected chi connectivity index (χ2v) is 6.22. The Balaban J connectivity index is 3.41. The molecule has 0 saturated carbocycles. The number of amidine groups is 1. The molecule has 1 aromatic heterocycles. The largest absolute Gasteiger partial charge is 0.396 e. The lowest BCUT2D eigenvalue weighted by Gasteiger charge is -2.05. The van der Waals surface area contributed by atoms with Gasteiger partial charge in [-0.3, -0.25) is 0 Å². The van der Waals surface area contributed by atoms with Crippen LogP contribution >= 0.6 is 11.3 Å². The van der Waals surface area contributed by atoms with Gasteiger partial charge < -0.3 is 11.5 Å². The van der Waals surface area contributed by atoms with Crippen LogP contribution in [0.1, 0.15) is 54.8 Å². The van der Waals surface area contributed by atoms with Crippen LogP contribution < -0.4 is 11.5 Å². The second kappa shape index (κ2) is 5.57. The summed E-state index contributed by atoms with van der Waals surface area (Å²) < 4.78 is 0. The summed E-state index contributed by atoms with van der Waals surface area (Å²) in [7, 11) is 0. The molecule has 1 rings (SSSR count). The van der Waals surface area contributed by atoms with Crippen molar-refractivity contribution in [1.82, 2.24) is 0 Å². The fourth-order valence-corrected chi connectivity index (χ4v) is 3.07. The molecular formula is C14H23N3S. The minimum Gasteiger partial charge on any atom is -0.396 e. The SMILES string of the molecule is C=C(N)C(N)=Nc1c(C(C)C)sc(C(C)C)c1C. The Bertz CT molecular complexity index is 481. The number of nitrogens with zero attached hydrogens (tertiary/aromatic N) is 1. The first kappa shape index (κ1) is 14.8. The molecule has 0 fully saturated rings. The van der Waals surface area contributed by atoms with Gasteiger partial charge in [-0.1, -0.05) is 34.3 Å². The Morgan fingerprint density at radius 3 is 2.00 bits per heavy atom. The van der Waals surface area contributed by atoms with Gasteiger partial charge in [-0.2, -0.15) is 0 Å². The van der Waals surface area contributed by atoms with E-state index in [1.807, 2.05) is 11.3 Å². The van der Waals surface area contributed by atoms with Gasteiger partial charge in [0, 0.05) is 9.75 Å². The maximum absolute atomic E-state index is 5.80. The van der Waals surface area contributed by atoms with Crippen molar-refractivity contribution in [3.8, 4) is 0 Å². The summed E-state index contributed by atoms with van der Waals surface area (Å²) in [5, 5.41) is 0. The van der Waals surface area contributed by atoms with Crippen LogP contribution in [0.3, 0.4) is 0 Å². The number of nitrogens with two attached hydrogens (primary N) is 2. The summed E-state index contributed by atoms with van der Waals surface area (Å²) in [6.45, 7) is 14.5. The van der Waals surface area contributed by atoms with Crippen LogP contribution in [0.25, 0.3) is 0 Å². The van der Waals surface area contributed by atoms with Crippen LogP contribution in [0.4, 0.5) is 5.69 Å². The minimum absolute atomic E-state index is 0.313. The molecule has 0 bridgehead atoms. The molecular weight excluding hydrogens is 242 g/mol. The quantitative estimate of drug-likeness (QED) is 0.643. The van der Waals surface area contributed by atoms with E-state index in [0.717, 1.165) is 5.69 Å². The Labute approximate surface area is 114 Å². The number of thiophene rings is 1. The zero-order chi connectivity index (χ0) is 14.0. The van der Waals surface area contributed by atoms with Crippen molar-refractivity contribution >= 4 is 22.9 Å². The molecule has 0 saturated heterocycles. The third-order valence-electron chi connectivity index (χ3n) is 2.79. The van der Waals surface area contributed by atoms with Gasteiger partial charge >= 0.3 is 0 Å². The fourth-order valence-electron chi connectivity index (χ4n) is 1.82. The molecule has 1 aromatic rings. The standard InChI is InChI=1S/C14H23N3S/c1-7(2)12-9(5)11(13(18-12)8(3)4)17-14(16)10(6)15/h7-8H,6,15H2,1-5H3,(H2,16,17). The third kappa shape index (κ3) is 2.93. The highest BCUT2D eigenvalue weighted by Crippen LogP contribution is 2.42. The van der Waals surface area contributed by atoms with E-state index in [1.54, 1.807) is 0 Å². The van der Waals surface area contributed by atoms with Gasteiger partial charge in [0.1, 0.15) is 5.84 Å². The molecule has 100 valence electrons. The summed E-state index contributed by atoms with van der Waals surface area (Å²) in [6, 6.07) is 0. The highest BCUT2D eigenvalue weighted by Gasteiger charge is 2.19. The first-order valence-corrected chi connectivity index (χ1v) is 6.99. The highest BCUT2D eigenvalue weighted by molar-refractivity contribution is 7.13. The molecule has 1 heterocycles. The normalized spacial score (nSPS) is 12.5. The lowest BCUT2D eigenvalue weighted by atomic mass is 10.0. The van der Waals surface area contributed by atoms with Crippen molar-refractivity contribution in [2.24, 2.45) is 16.5 Å². The maximum Gasteiger partial charge on any atom is 0.146 e. The highest BCUT2D eigenvalue weighted by atomic mass is 32.1. The number of rotatable bonds is 4. The van der Waals surface area contributed by atoms with E-state index in [2.05, 4.69) is 46.2 Å². The zero-order valence-electron chi connectivity index (χ0n) is 11.9. The molecule has 0 radical (unpaired) electrons. The maximum atomic E-state index is 5.80. The molecule has 4 N–H and O–H groups in total. The number of aliphatic imine (C=N–C) groups is 1. The number of hydrogen-bond donors (Lipinski definition) is 2. The minimum atomic E-state index is 0.313. The predicted molar refractivity (Wildman–Crippen MR) is 81.8 cm³/mol. The molecule has 0 aromatic carbocycles. The van der Waals surface area contributed by atoms with Crippen LogP contribution in [0.5, 0.6) is 0 Å². The molecule has 0 aliphatic heterocycles. The molecule has 4 heteroatoms. The van der Waals surface area contributed by atoms with Crippen molar-refractivity contribution in [2.75, 3.05) is 0 Å². The van der Waals surface area contributed by atoms with E-state index in [-0.39, 0.29) is 0 Å². The third-order valence-corrected chi connectivity index (χ3v) is 4.67. The van der Waals surface area contributed by atoms with Crippen molar-refractivity contribution in [1.29, 1.82) is 0 Å². The lowest BCUT2D eigenvalue weighted by molar-refractivity contribution is 0.881. The Morgan fingerprint density at radius 1 is 1.11 bits per heavy atom. The van der Waals surface area contributed by atoms with Crippen LogP contribution in [-0.4, -0.2) is 5.84 Å². The lowest BCUT2D eigenvalue weighted by Crippen LogP contribution is -2.19. The first-order chi connectivity index (χ1) is 8.25. The average Bonchev–Trinajstić information content (AvgIpc) is 2.56. The average molecular weight is 265 g/mol. The van der Waals surface area contributed by atoms with E-state index in [4.69, 9.17) is 11.5 Å². The van der Waals surface area contributed by atoms with E-state index in [1.165, 1.54) is 15.3 Å². The van der Waals surface area contributed by atoms with E-state index in [0.29, 0.717) is 23.4 Å². The van der Waals surface area contributed by atoms with Gasteiger partial charge in [0.25, 0.3) is 0 Å². The van der Waals surface area contributed by atoms with E-state index >= 15 is 0 Å². The van der Waals surface area contributed by atoms with Crippen LogP contribution in [0.2, 0.25) is 0 Å². The summed E-state index contributed by atoms with van der Waals surface area (Å²) >= 11 is 1.82. The molecule has 3 nitrogen and oxygen atoms in total. The topological polar surface area (TPSA) is 64.4 Å². The Morgan fingerprint density at radius 2 is 1.61 bits per heavy atom. The summed E-state index contributed by atoms with van der Waals surface area (Å²) in [6.07, 6.45) is 0. The van der Waals surface area contributed by atoms with Gasteiger partial charge in [0.2, 0.25) is 0 Å². The smallest absolute Gasteiger partial charge is 0.146 e. The summed E-state index contributed by atoms with van der Waals surface area (Å²) in [5.41, 5.74) is 13.9. The summed E-state index contributed by atoms with van der Waals surface area (Å²) in [4.78, 5) is 7.10. The predicted octanol–water partition coefficient (Wildman–Crippen LogP) is 3.76. The first-order valence-electron chi connectivity index (χ1n) is 6.17. The molecule has 0 atom stereocenters. The van der Waals surface area contributed by atoms with Crippen LogP contribution in [0.15, 0.2) is 17.3 Å². The van der Waals surface area contributed by atoms with Crippen LogP contribution in [-0.2, 0) is 0 Å². The Hall–Kier alpha value is -1.29. The van der Waals surface area contributed by atoms with Gasteiger partial charge in [-0.25, -0.2) is 4.99 Å². The molecule has 0 spiro atoms.